The fourth-order valence-electron chi connectivity index (χ4n) is 1.51. The zero-order valence-electron chi connectivity index (χ0n) is 10.7. The predicted octanol–water partition coefficient (Wildman–Crippen LogP) is 2.41. The van der Waals surface area contributed by atoms with Crippen LogP contribution in [-0.4, -0.2) is 25.8 Å². The molecule has 0 spiro atoms. The second-order valence-corrected chi connectivity index (χ2v) is 7.11. The van der Waals surface area contributed by atoms with Crippen LogP contribution < -0.4 is 4.72 Å². The third kappa shape index (κ3) is 4.92. The lowest BCUT2D eigenvalue weighted by Gasteiger charge is -2.24. The summed E-state index contributed by atoms with van der Waals surface area (Å²) in [5, 5.41) is 0. The van der Waals surface area contributed by atoms with Crippen LogP contribution in [0.25, 0.3) is 0 Å². The van der Waals surface area contributed by atoms with Crippen LogP contribution in [0.5, 0.6) is 0 Å². The van der Waals surface area contributed by atoms with Crippen LogP contribution in [0.4, 0.5) is 0 Å². The lowest BCUT2D eigenvalue weighted by molar-refractivity contribution is 0.331. The zero-order valence-corrected chi connectivity index (χ0v) is 12.3. The summed E-state index contributed by atoms with van der Waals surface area (Å²) in [7, 11) is -3.46. The monoisotopic (exact) mass is 290 g/mol. The van der Waals surface area contributed by atoms with Gasteiger partial charge in [-0.2, -0.15) is 0 Å². The predicted molar refractivity (Wildman–Crippen MR) is 73.2 cm³/mol. The third-order valence-corrected chi connectivity index (χ3v) is 4.33. The van der Waals surface area contributed by atoms with E-state index in [1.165, 1.54) is 12.3 Å². The van der Waals surface area contributed by atoms with Gasteiger partial charge in [0, 0.05) is 24.8 Å². The van der Waals surface area contributed by atoms with Gasteiger partial charge in [-0.25, -0.2) is 13.1 Å². The number of nitrogens with one attached hydrogen (secondary N) is 1. The van der Waals surface area contributed by atoms with Gasteiger partial charge in [0.25, 0.3) is 0 Å². The van der Waals surface area contributed by atoms with Crippen LogP contribution in [0.15, 0.2) is 29.4 Å². The lowest BCUT2D eigenvalue weighted by Crippen LogP contribution is -2.34. The first-order valence-electron chi connectivity index (χ1n) is 5.83. The van der Waals surface area contributed by atoms with Crippen molar-refractivity contribution in [2.75, 3.05) is 12.4 Å². The van der Waals surface area contributed by atoms with Gasteiger partial charge in [-0.1, -0.05) is 13.8 Å². The van der Waals surface area contributed by atoms with Gasteiger partial charge in [-0.3, -0.25) is 4.98 Å². The summed E-state index contributed by atoms with van der Waals surface area (Å²) in [4.78, 5) is 4.00. The molecule has 0 aliphatic rings. The Morgan fingerprint density at radius 2 is 2.17 bits per heavy atom. The molecule has 102 valence electrons. The Hall–Kier alpha value is -0.650. The maximum atomic E-state index is 12.0. The molecular formula is C12H19ClN2O2S. The van der Waals surface area contributed by atoms with E-state index in [0.717, 1.165) is 12.8 Å². The topological polar surface area (TPSA) is 59.1 Å². The van der Waals surface area contributed by atoms with Crippen molar-refractivity contribution in [1.29, 1.82) is 0 Å². The van der Waals surface area contributed by atoms with Crippen LogP contribution in [0.2, 0.25) is 0 Å². The summed E-state index contributed by atoms with van der Waals surface area (Å²) in [6.07, 6.45) is 4.65. The Bertz CT molecular complexity index is 460. The number of sulfonamides is 1. The zero-order chi connectivity index (χ0) is 13.6. The van der Waals surface area contributed by atoms with E-state index in [-0.39, 0.29) is 10.3 Å². The molecule has 0 saturated heterocycles. The maximum absolute atomic E-state index is 12.0. The molecular weight excluding hydrogens is 272 g/mol. The van der Waals surface area contributed by atoms with Gasteiger partial charge in [0.15, 0.2) is 0 Å². The van der Waals surface area contributed by atoms with Crippen LogP contribution >= 0.6 is 11.6 Å². The van der Waals surface area contributed by atoms with Crippen LogP contribution in [0, 0.1) is 5.41 Å². The second kappa shape index (κ2) is 6.50. The van der Waals surface area contributed by atoms with Crippen molar-refractivity contribution in [1.82, 2.24) is 9.71 Å². The lowest BCUT2D eigenvalue weighted by atomic mass is 9.88. The smallest absolute Gasteiger partial charge is 0.242 e. The molecule has 0 aromatic carbocycles. The molecule has 0 fully saturated rings. The van der Waals surface area contributed by atoms with Gasteiger partial charge >= 0.3 is 0 Å². The van der Waals surface area contributed by atoms with Crippen molar-refractivity contribution in [2.24, 2.45) is 5.41 Å². The number of nitrogens with zero attached hydrogens (tertiary/aromatic N) is 1. The Labute approximate surface area is 114 Å². The minimum atomic E-state index is -3.46. The molecule has 6 heteroatoms. The molecule has 1 aromatic rings. The summed E-state index contributed by atoms with van der Waals surface area (Å²) in [5.74, 6) is 0.596. The Kier molecular flexibility index (Phi) is 5.56. The summed E-state index contributed by atoms with van der Waals surface area (Å²) >= 11 is 5.65. The molecule has 0 amide bonds. The van der Waals surface area contributed by atoms with E-state index in [2.05, 4.69) is 9.71 Å². The average molecular weight is 291 g/mol. The van der Waals surface area contributed by atoms with Crippen molar-refractivity contribution >= 4 is 21.6 Å². The molecule has 0 unspecified atom stereocenters. The van der Waals surface area contributed by atoms with Gasteiger partial charge in [-0.15, -0.1) is 11.6 Å². The standard InChI is InChI=1S/C12H19ClN2O2S/c1-12(2,6-4-7-13)10-15-18(16,17)11-5-3-8-14-9-11/h3,5,8-9,15H,4,6-7,10H2,1-2H3. The number of hydrogen-bond donors (Lipinski definition) is 1. The molecule has 0 saturated carbocycles. The molecule has 0 aliphatic carbocycles. The summed E-state index contributed by atoms with van der Waals surface area (Å²) < 4.78 is 26.6. The van der Waals surface area contributed by atoms with Gasteiger partial charge in [0.1, 0.15) is 4.90 Å². The first-order valence-corrected chi connectivity index (χ1v) is 7.85. The van der Waals surface area contributed by atoms with Crippen molar-refractivity contribution in [2.45, 2.75) is 31.6 Å². The highest BCUT2D eigenvalue weighted by atomic mass is 35.5. The molecule has 1 rings (SSSR count). The Morgan fingerprint density at radius 3 is 2.72 bits per heavy atom. The van der Waals surface area contributed by atoms with Gasteiger partial charge in [0.05, 0.1) is 0 Å². The van der Waals surface area contributed by atoms with E-state index in [0.29, 0.717) is 12.4 Å². The number of alkyl halides is 1. The SMILES string of the molecule is CC(C)(CCCCl)CNS(=O)(=O)c1cccnc1. The Morgan fingerprint density at radius 1 is 1.44 bits per heavy atom. The first kappa shape index (κ1) is 15.4. The van der Waals surface area contributed by atoms with Crippen molar-refractivity contribution in [3.05, 3.63) is 24.5 Å². The molecule has 4 nitrogen and oxygen atoms in total. The highest BCUT2D eigenvalue weighted by Crippen LogP contribution is 2.22. The third-order valence-electron chi connectivity index (χ3n) is 2.67. The van der Waals surface area contributed by atoms with Crippen LogP contribution in [-0.2, 0) is 10.0 Å². The summed E-state index contributed by atoms with van der Waals surface area (Å²) in [5.41, 5.74) is -0.107. The number of rotatable bonds is 7. The normalized spacial score (nSPS) is 12.6. The van der Waals surface area contributed by atoms with Crippen LogP contribution in [0.1, 0.15) is 26.7 Å². The average Bonchev–Trinajstić information content (AvgIpc) is 2.36. The largest absolute Gasteiger partial charge is 0.263 e. The van der Waals surface area contributed by atoms with Gasteiger partial charge in [-0.05, 0) is 30.4 Å². The van der Waals surface area contributed by atoms with Gasteiger partial charge < -0.3 is 0 Å². The quantitative estimate of drug-likeness (QED) is 0.785. The fraction of sp³-hybridized carbons (Fsp3) is 0.583. The van der Waals surface area contributed by atoms with Crippen LogP contribution in [0.3, 0.4) is 0 Å². The highest BCUT2D eigenvalue weighted by Gasteiger charge is 2.21. The van der Waals surface area contributed by atoms with E-state index in [4.69, 9.17) is 11.6 Å². The molecule has 0 bridgehead atoms. The maximum Gasteiger partial charge on any atom is 0.242 e. The molecule has 1 heterocycles. The summed E-state index contributed by atoms with van der Waals surface area (Å²) in [6.45, 7) is 4.43. The highest BCUT2D eigenvalue weighted by molar-refractivity contribution is 7.89. The molecule has 1 N–H and O–H groups in total. The molecule has 1 aromatic heterocycles. The molecule has 0 atom stereocenters. The van der Waals surface area contributed by atoms with Crippen molar-refractivity contribution in [3.63, 3.8) is 0 Å². The van der Waals surface area contributed by atoms with E-state index in [1.807, 2.05) is 13.8 Å². The van der Waals surface area contributed by atoms with Crippen molar-refractivity contribution in [3.8, 4) is 0 Å². The summed E-state index contributed by atoms with van der Waals surface area (Å²) in [6, 6.07) is 3.13. The molecule has 0 radical (unpaired) electrons. The van der Waals surface area contributed by atoms with Gasteiger partial charge in [0.2, 0.25) is 10.0 Å². The molecule has 18 heavy (non-hydrogen) atoms. The van der Waals surface area contributed by atoms with E-state index in [1.54, 1.807) is 12.3 Å². The number of aromatic nitrogens is 1. The number of pyridine rings is 1. The minimum absolute atomic E-state index is 0.107. The first-order chi connectivity index (χ1) is 8.37. The second-order valence-electron chi connectivity index (χ2n) is 4.97. The van der Waals surface area contributed by atoms with E-state index >= 15 is 0 Å². The fourth-order valence-corrected chi connectivity index (χ4v) is 2.85. The number of hydrogen-bond acceptors (Lipinski definition) is 3. The Balaban J connectivity index is 2.63. The van der Waals surface area contributed by atoms with E-state index in [9.17, 15) is 8.42 Å². The number of halogens is 1. The van der Waals surface area contributed by atoms with E-state index < -0.39 is 10.0 Å². The van der Waals surface area contributed by atoms with Crippen molar-refractivity contribution < 1.29 is 8.42 Å². The molecule has 0 aliphatic heterocycles. The minimum Gasteiger partial charge on any atom is -0.263 e.